The first-order valence-corrected chi connectivity index (χ1v) is 6.76. The summed E-state index contributed by atoms with van der Waals surface area (Å²) >= 11 is 1.91. The van der Waals surface area contributed by atoms with Crippen molar-refractivity contribution in [2.24, 2.45) is 0 Å². The molecule has 0 aliphatic rings. The van der Waals surface area contributed by atoms with Gasteiger partial charge in [-0.25, -0.2) is 9.37 Å². The molecule has 8 heteroatoms. The van der Waals surface area contributed by atoms with Crippen molar-refractivity contribution in [2.45, 2.75) is 17.2 Å². The van der Waals surface area contributed by atoms with E-state index in [1.54, 1.807) is 12.1 Å². The Balaban J connectivity index is 1.96. The predicted octanol–water partition coefficient (Wildman–Crippen LogP) is 2.85. The Morgan fingerprint density at radius 2 is 2.21 bits per heavy atom. The second-order valence-corrected chi connectivity index (χ2v) is 5.51. The van der Waals surface area contributed by atoms with E-state index in [0.717, 1.165) is 0 Å². The van der Waals surface area contributed by atoms with Crippen molar-refractivity contribution in [3.63, 3.8) is 0 Å². The summed E-state index contributed by atoms with van der Waals surface area (Å²) in [5, 5.41) is 8.41. The topological polar surface area (TPSA) is 76.5 Å². The van der Waals surface area contributed by atoms with Crippen LogP contribution in [0.25, 0.3) is 10.2 Å². The molecule has 0 fully saturated rings. The molecule has 0 saturated carbocycles. The van der Waals surface area contributed by atoms with Crippen molar-refractivity contribution in [1.82, 2.24) is 4.98 Å². The fourth-order valence-corrected chi connectivity index (χ4v) is 2.86. The van der Waals surface area contributed by atoms with E-state index >= 15 is 0 Å². The molecule has 5 nitrogen and oxygen atoms in total. The lowest BCUT2D eigenvalue weighted by Gasteiger charge is -1.97. The monoisotopic (exact) mass is 301 g/mol. The molecule has 1 aromatic heterocycles. The second kappa shape index (κ2) is 5.98. The standard InChI is InChI=1S/C11H8FNO4S2/c12-6-2-1-3-7-10(6)13-11(18-7)19-17-9(16)5-4-8(14)15/h1-3H,4-5H2,(H,14,15). The minimum absolute atomic E-state index is 0.207. The van der Waals surface area contributed by atoms with Crippen LogP contribution < -0.4 is 0 Å². The van der Waals surface area contributed by atoms with Crippen LogP contribution in [0, 0.1) is 5.82 Å². The highest BCUT2D eigenvalue weighted by Crippen LogP contribution is 2.31. The Morgan fingerprint density at radius 1 is 1.42 bits per heavy atom. The van der Waals surface area contributed by atoms with Crippen LogP contribution >= 0.6 is 23.4 Å². The molecule has 0 saturated heterocycles. The zero-order chi connectivity index (χ0) is 13.8. The summed E-state index contributed by atoms with van der Waals surface area (Å²) in [6.45, 7) is 0. The normalized spacial score (nSPS) is 10.6. The van der Waals surface area contributed by atoms with E-state index in [4.69, 9.17) is 9.29 Å². The maximum Gasteiger partial charge on any atom is 0.318 e. The highest BCUT2D eigenvalue weighted by Gasteiger charge is 2.12. The van der Waals surface area contributed by atoms with Gasteiger partial charge in [0.05, 0.1) is 17.5 Å². The van der Waals surface area contributed by atoms with E-state index in [2.05, 4.69) is 4.98 Å². The number of carboxylic acid groups (broad SMARTS) is 1. The van der Waals surface area contributed by atoms with Gasteiger partial charge in [-0.1, -0.05) is 6.07 Å². The lowest BCUT2D eigenvalue weighted by atomic mass is 10.3. The summed E-state index contributed by atoms with van der Waals surface area (Å²) in [7, 11) is 0. The molecule has 0 aliphatic carbocycles. The third-order valence-electron chi connectivity index (χ3n) is 2.10. The fourth-order valence-electron chi connectivity index (χ4n) is 1.26. The average molecular weight is 301 g/mol. The van der Waals surface area contributed by atoms with Gasteiger partial charge >= 0.3 is 11.9 Å². The number of hydrogen-bond acceptors (Lipinski definition) is 6. The van der Waals surface area contributed by atoms with Gasteiger partial charge in [-0.3, -0.25) is 9.59 Å². The quantitative estimate of drug-likeness (QED) is 0.856. The van der Waals surface area contributed by atoms with Crippen molar-refractivity contribution in [3.8, 4) is 0 Å². The first kappa shape index (κ1) is 13.8. The minimum atomic E-state index is -1.07. The van der Waals surface area contributed by atoms with Gasteiger partial charge in [0, 0.05) is 0 Å². The van der Waals surface area contributed by atoms with Gasteiger partial charge in [0.25, 0.3) is 0 Å². The van der Waals surface area contributed by atoms with Crippen LogP contribution in [0.15, 0.2) is 22.5 Å². The summed E-state index contributed by atoms with van der Waals surface area (Å²) in [6, 6.07) is 4.59. The van der Waals surface area contributed by atoms with E-state index in [0.29, 0.717) is 21.1 Å². The number of thiazole rings is 1. The number of halogens is 1. The molecule has 0 amide bonds. The van der Waals surface area contributed by atoms with Crippen LogP contribution in [0.5, 0.6) is 0 Å². The Kier molecular flexibility index (Phi) is 4.33. The van der Waals surface area contributed by atoms with Crippen molar-refractivity contribution in [1.29, 1.82) is 0 Å². The largest absolute Gasteiger partial charge is 0.481 e. The molecule has 0 atom stereocenters. The number of carbonyl (C=O) groups is 2. The van der Waals surface area contributed by atoms with E-state index in [-0.39, 0.29) is 18.4 Å². The van der Waals surface area contributed by atoms with Gasteiger partial charge in [-0.15, -0.1) is 11.3 Å². The summed E-state index contributed by atoms with van der Waals surface area (Å²) in [5.74, 6) is -2.14. The number of fused-ring (bicyclic) bond motifs is 1. The first-order chi connectivity index (χ1) is 9.06. The number of hydrogen-bond donors (Lipinski definition) is 1. The third-order valence-corrected chi connectivity index (χ3v) is 3.87. The number of aromatic nitrogens is 1. The molecule has 0 bridgehead atoms. The van der Waals surface area contributed by atoms with Gasteiger partial charge in [0.15, 0.2) is 4.34 Å². The Labute approximate surface area is 115 Å². The van der Waals surface area contributed by atoms with Crippen molar-refractivity contribution >= 4 is 45.5 Å². The van der Waals surface area contributed by atoms with Crippen molar-refractivity contribution in [2.75, 3.05) is 0 Å². The maximum absolute atomic E-state index is 13.4. The van der Waals surface area contributed by atoms with Crippen LogP contribution in [0.4, 0.5) is 4.39 Å². The smallest absolute Gasteiger partial charge is 0.318 e. The van der Waals surface area contributed by atoms with Gasteiger partial charge in [0.1, 0.15) is 23.4 Å². The Bertz CT molecular complexity index is 628. The first-order valence-electron chi connectivity index (χ1n) is 5.20. The Morgan fingerprint density at radius 3 is 2.89 bits per heavy atom. The Hall–Kier alpha value is -1.67. The van der Waals surface area contributed by atoms with E-state index in [1.807, 2.05) is 0 Å². The van der Waals surface area contributed by atoms with E-state index < -0.39 is 17.8 Å². The molecule has 0 unspecified atom stereocenters. The van der Waals surface area contributed by atoms with Crippen LogP contribution in [0.2, 0.25) is 0 Å². The summed E-state index contributed by atoms with van der Waals surface area (Å²) in [4.78, 5) is 25.5. The lowest BCUT2D eigenvalue weighted by Crippen LogP contribution is -2.03. The number of nitrogens with zero attached hydrogens (tertiary/aromatic N) is 1. The number of benzene rings is 1. The molecular formula is C11H8FNO4S2. The van der Waals surface area contributed by atoms with Crippen LogP contribution in [-0.2, 0) is 13.8 Å². The molecule has 2 aromatic rings. The van der Waals surface area contributed by atoms with Crippen LogP contribution in [0.1, 0.15) is 12.8 Å². The fraction of sp³-hybridized carbons (Fsp3) is 0.182. The summed E-state index contributed by atoms with van der Waals surface area (Å²) in [6.07, 6.45) is -0.491. The molecule has 1 N–H and O–H groups in total. The average Bonchev–Trinajstić information content (AvgIpc) is 2.78. The van der Waals surface area contributed by atoms with Crippen molar-refractivity contribution < 1.29 is 23.3 Å². The number of rotatable bonds is 5. The number of para-hydroxylation sites is 1. The second-order valence-electron chi connectivity index (χ2n) is 3.50. The van der Waals surface area contributed by atoms with E-state index in [9.17, 15) is 14.0 Å². The maximum atomic E-state index is 13.4. The zero-order valence-corrected chi connectivity index (χ0v) is 11.1. The molecule has 1 aromatic carbocycles. The number of aliphatic carboxylic acids is 1. The van der Waals surface area contributed by atoms with E-state index in [1.165, 1.54) is 17.4 Å². The van der Waals surface area contributed by atoms with Crippen LogP contribution in [-0.4, -0.2) is 22.0 Å². The zero-order valence-electron chi connectivity index (χ0n) is 9.46. The molecule has 0 spiro atoms. The molecule has 19 heavy (non-hydrogen) atoms. The molecule has 100 valence electrons. The summed E-state index contributed by atoms with van der Waals surface area (Å²) in [5.41, 5.74) is 0.233. The van der Waals surface area contributed by atoms with Gasteiger partial charge < -0.3 is 9.29 Å². The molecule has 2 rings (SSSR count). The van der Waals surface area contributed by atoms with Gasteiger partial charge in [0.2, 0.25) is 0 Å². The molecule has 0 aliphatic heterocycles. The van der Waals surface area contributed by atoms with Crippen molar-refractivity contribution in [3.05, 3.63) is 24.0 Å². The number of carbonyl (C=O) groups excluding carboxylic acids is 1. The highest BCUT2D eigenvalue weighted by atomic mass is 32.2. The third kappa shape index (κ3) is 3.65. The lowest BCUT2D eigenvalue weighted by molar-refractivity contribution is -0.141. The minimum Gasteiger partial charge on any atom is -0.481 e. The summed E-state index contributed by atoms with van der Waals surface area (Å²) < 4.78 is 19.2. The van der Waals surface area contributed by atoms with Crippen LogP contribution in [0.3, 0.4) is 0 Å². The molecule has 1 heterocycles. The predicted molar refractivity (Wildman–Crippen MR) is 68.4 cm³/mol. The molecule has 0 radical (unpaired) electrons. The SMILES string of the molecule is O=C(O)CCC(=O)OSc1nc2c(F)cccc2s1. The van der Waals surface area contributed by atoms with Gasteiger partial charge in [-0.05, 0) is 12.1 Å². The molecular weight excluding hydrogens is 293 g/mol. The number of carboxylic acids is 1. The van der Waals surface area contributed by atoms with Gasteiger partial charge in [-0.2, -0.15) is 0 Å². The highest BCUT2D eigenvalue weighted by molar-refractivity contribution is 7.97.